The summed E-state index contributed by atoms with van der Waals surface area (Å²) in [6.07, 6.45) is 2.14. The smallest absolute Gasteiger partial charge is 0.191 e. The molecule has 0 spiro atoms. The molecule has 188 valence electrons. The Kier molecular flexibility index (Phi) is 12.8. The van der Waals surface area contributed by atoms with E-state index in [1.807, 2.05) is 0 Å². The van der Waals surface area contributed by atoms with Gasteiger partial charge in [-0.2, -0.15) is 0 Å². The van der Waals surface area contributed by atoms with Crippen molar-refractivity contribution in [3.8, 4) is 0 Å². The second-order valence-corrected chi connectivity index (χ2v) is 9.32. The van der Waals surface area contributed by atoms with Crippen molar-refractivity contribution in [3.05, 3.63) is 29.8 Å². The lowest BCUT2D eigenvalue weighted by Crippen LogP contribution is -2.52. The molecule has 2 fully saturated rings. The fourth-order valence-corrected chi connectivity index (χ4v) is 4.59. The molecular formula is C25H44IN5O2. The van der Waals surface area contributed by atoms with Gasteiger partial charge in [0, 0.05) is 57.6 Å². The maximum Gasteiger partial charge on any atom is 0.191 e. The molecule has 0 aliphatic carbocycles. The number of aliphatic hydroxyl groups is 1. The van der Waals surface area contributed by atoms with Crippen molar-refractivity contribution in [2.24, 2.45) is 16.8 Å². The Morgan fingerprint density at radius 1 is 1.09 bits per heavy atom. The number of piperidine rings is 1. The van der Waals surface area contributed by atoms with Crippen molar-refractivity contribution in [3.63, 3.8) is 0 Å². The SMILES string of the molecule is CCNC(=NCc1ccc(N2CCC(CO)CC2)cc1)NCC(C(C)C)N1CCOCC1.I. The number of halogens is 1. The number of aliphatic imine (C=N–C) groups is 1. The first kappa shape index (κ1) is 28.1. The summed E-state index contributed by atoms with van der Waals surface area (Å²) in [4.78, 5) is 9.79. The van der Waals surface area contributed by atoms with Crippen LogP contribution in [0.25, 0.3) is 0 Å². The number of anilines is 1. The van der Waals surface area contributed by atoms with E-state index in [1.165, 1.54) is 11.3 Å². The van der Waals surface area contributed by atoms with Crippen molar-refractivity contribution in [2.45, 2.75) is 46.2 Å². The topological polar surface area (TPSA) is 72.4 Å². The summed E-state index contributed by atoms with van der Waals surface area (Å²) in [5.74, 6) is 1.91. The van der Waals surface area contributed by atoms with E-state index in [4.69, 9.17) is 9.73 Å². The van der Waals surface area contributed by atoms with Crippen LogP contribution in [0.3, 0.4) is 0 Å². The molecule has 1 aromatic carbocycles. The van der Waals surface area contributed by atoms with Gasteiger partial charge in [-0.3, -0.25) is 4.90 Å². The van der Waals surface area contributed by atoms with Crippen LogP contribution in [0.2, 0.25) is 0 Å². The molecule has 7 nitrogen and oxygen atoms in total. The number of aliphatic hydroxyl groups excluding tert-OH is 1. The second-order valence-electron chi connectivity index (χ2n) is 9.32. The molecule has 1 unspecified atom stereocenters. The quantitative estimate of drug-likeness (QED) is 0.240. The molecule has 2 heterocycles. The van der Waals surface area contributed by atoms with E-state index in [-0.39, 0.29) is 24.0 Å². The van der Waals surface area contributed by atoms with Gasteiger partial charge < -0.3 is 25.4 Å². The van der Waals surface area contributed by atoms with E-state index in [0.717, 1.165) is 71.3 Å². The number of morpholine rings is 1. The number of hydrogen-bond acceptors (Lipinski definition) is 5. The van der Waals surface area contributed by atoms with Crippen molar-refractivity contribution in [2.75, 3.05) is 64.0 Å². The minimum Gasteiger partial charge on any atom is -0.396 e. The van der Waals surface area contributed by atoms with E-state index >= 15 is 0 Å². The molecule has 1 atom stereocenters. The standard InChI is InChI=1S/C25H43N5O2.HI/c1-4-26-25(28-18-24(20(2)3)30-13-15-32-16-14-30)27-17-21-5-7-23(8-6-21)29-11-9-22(19-31)10-12-29;/h5-8,20,22,24,31H,4,9-19H2,1-3H3,(H2,26,27,28);1H. The van der Waals surface area contributed by atoms with Crippen molar-refractivity contribution in [1.29, 1.82) is 0 Å². The Morgan fingerprint density at radius 2 is 1.76 bits per heavy atom. The molecule has 3 N–H and O–H groups in total. The van der Waals surface area contributed by atoms with Crippen LogP contribution in [-0.2, 0) is 11.3 Å². The third kappa shape index (κ3) is 8.88. The van der Waals surface area contributed by atoms with E-state index in [9.17, 15) is 5.11 Å². The van der Waals surface area contributed by atoms with Crippen LogP contribution >= 0.6 is 24.0 Å². The number of hydrogen-bond donors (Lipinski definition) is 3. The van der Waals surface area contributed by atoms with Gasteiger partial charge in [-0.1, -0.05) is 26.0 Å². The van der Waals surface area contributed by atoms with Gasteiger partial charge in [-0.05, 0) is 49.3 Å². The van der Waals surface area contributed by atoms with Gasteiger partial charge in [0.25, 0.3) is 0 Å². The number of guanidine groups is 1. The van der Waals surface area contributed by atoms with Gasteiger partial charge in [-0.25, -0.2) is 4.99 Å². The summed E-state index contributed by atoms with van der Waals surface area (Å²) < 4.78 is 5.53. The summed E-state index contributed by atoms with van der Waals surface area (Å²) >= 11 is 0. The van der Waals surface area contributed by atoms with Crippen LogP contribution in [0, 0.1) is 11.8 Å². The fourth-order valence-electron chi connectivity index (χ4n) is 4.59. The molecule has 0 radical (unpaired) electrons. The Hall–Kier alpha value is -1.10. The molecule has 0 bridgehead atoms. The number of nitrogens with one attached hydrogen (secondary N) is 2. The largest absolute Gasteiger partial charge is 0.396 e. The number of benzene rings is 1. The number of nitrogens with zero attached hydrogens (tertiary/aromatic N) is 3. The summed E-state index contributed by atoms with van der Waals surface area (Å²) in [6.45, 7) is 15.1. The summed E-state index contributed by atoms with van der Waals surface area (Å²) in [5, 5.41) is 16.3. The second kappa shape index (κ2) is 15.0. The molecule has 0 aromatic heterocycles. The lowest BCUT2D eigenvalue weighted by Gasteiger charge is -2.37. The van der Waals surface area contributed by atoms with Crippen molar-refractivity contribution >= 4 is 35.6 Å². The predicted molar refractivity (Wildman–Crippen MR) is 148 cm³/mol. The van der Waals surface area contributed by atoms with Crippen LogP contribution in [0.15, 0.2) is 29.3 Å². The molecule has 33 heavy (non-hydrogen) atoms. The maximum atomic E-state index is 9.34. The van der Waals surface area contributed by atoms with E-state index in [2.05, 4.69) is 65.5 Å². The normalized spacial score (nSPS) is 19.3. The van der Waals surface area contributed by atoms with Gasteiger partial charge in [0.05, 0.1) is 19.8 Å². The molecule has 8 heteroatoms. The molecule has 2 saturated heterocycles. The first-order valence-electron chi connectivity index (χ1n) is 12.4. The Bertz CT molecular complexity index is 687. The molecule has 3 rings (SSSR count). The van der Waals surface area contributed by atoms with E-state index in [1.54, 1.807) is 0 Å². The average Bonchev–Trinajstić information content (AvgIpc) is 2.83. The lowest BCUT2D eigenvalue weighted by molar-refractivity contribution is 0.00752. The summed E-state index contributed by atoms with van der Waals surface area (Å²) in [6, 6.07) is 9.25. The first-order chi connectivity index (χ1) is 15.6. The highest BCUT2D eigenvalue weighted by Gasteiger charge is 2.24. The van der Waals surface area contributed by atoms with Gasteiger partial charge in [0.1, 0.15) is 0 Å². The van der Waals surface area contributed by atoms with Crippen LogP contribution in [-0.4, -0.2) is 81.1 Å². The van der Waals surface area contributed by atoms with E-state index in [0.29, 0.717) is 31.0 Å². The summed E-state index contributed by atoms with van der Waals surface area (Å²) in [7, 11) is 0. The number of rotatable bonds is 9. The zero-order valence-electron chi connectivity index (χ0n) is 20.6. The molecule has 2 aliphatic rings. The van der Waals surface area contributed by atoms with Gasteiger partial charge in [-0.15, -0.1) is 24.0 Å². The third-order valence-corrected chi connectivity index (χ3v) is 6.70. The zero-order valence-corrected chi connectivity index (χ0v) is 23.0. The van der Waals surface area contributed by atoms with Crippen LogP contribution < -0.4 is 15.5 Å². The predicted octanol–water partition coefficient (Wildman–Crippen LogP) is 2.93. The Morgan fingerprint density at radius 3 is 2.33 bits per heavy atom. The van der Waals surface area contributed by atoms with Gasteiger partial charge in [0.15, 0.2) is 5.96 Å². The molecule has 0 amide bonds. The highest BCUT2D eigenvalue weighted by Crippen LogP contribution is 2.23. The van der Waals surface area contributed by atoms with Crippen molar-refractivity contribution in [1.82, 2.24) is 15.5 Å². The van der Waals surface area contributed by atoms with Crippen LogP contribution in [0.5, 0.6) is 0 Å². The summed E-state index contributed by atoms with van der Waals surface area (Å²) in [5.41, 5.74) is 2.48. The lowest BCUT2D eigenvalue weighted by atomic mass is 9.97. The van der Waals surface area contributed by atoms with Crippen LogP contribution in [0.4, 0.5) is 5.69 Å². The van der Waals surface area contributed by atoms with Crippen molar-refractivity contribution < 1.29 is 9.84 Å². The third-order valence-electron chi connectivity index (χ3n) is 6.70. The Labute approximate surface area is 217 Å². The fraction of sp³-hybridized carbons (Fsp3) is 0.720. The molecular weight excluding hydrogens is 529 g/mol. The molecule has 2 aliphatic heterocycles. The van der Waals surface area contributed by atoms with E-state index < -0.39 is 0 Å². The van der Waals surface area contributed by atoms with Gasteiger partial charge in [0.2, 0.25) is 0 Å². The monoisotopic (exact) mass is 573 g/mol. The Balaban J connectivity index is 0.00000385. The first-order valence-corrected chi connectivity index (χ1v) is 12.4. The minimum absolute atomic E-state index is 0. The van der Waals surface area contributed by atoms with Gasteiger partial charge >= 0.3 is 0 Å². The number of ether oxygens (including phenoxy) is 1. The van der Waals surface area contributed by atoms with Crippen LogP contribution in [0.1, 0.15) is 39.2 Å². The average molecular weight is 574 g/mol. The molecule has 0 saturated carbocycles. The minimum atomic E-state index is 0. The highest BCUT2D eigenvalue weighted by atomic mass is 127. The maximum absolute atomic E-state index is 9.34. The molecule has 1 aromatic rings. The highest BCUT2D eigenvalue weighted by molar-refractivity contribution is 14.0. The zero-order chi connectivity index (χ0) is 22.8.